The van der Waals surface area contributed by atoms with E-state index in [4.69, 9.17) is 11.6 Å². The van der Waals surface area contributed by atoms with E-state index in [1.165, 1.54) is 0 Å². The third-order valence-corrected chi connectivity index (χ3v) is 3.91. The van der Waals surface area contributed by atoms with E-state index >= 15 is 0 Å². The average molecular weight is 267 g/mol. The number of hydrogen-bond donors (Lipinski definition) is 0. The third-order valence-electron chi connectivity index (χ3n) is 3.60. The van der Waals surface area contributed by atoms with Gasteiger partial charge in [-0.25, -0.2) is 0 Å². The Labute approximate surface area is 113 Å². The lowest BCUT2D eigenvalue weighted by Crippen LogP contribution is -2.52. The highest BCUT2D eigenvalue weighted by atomic mass is 35.5. The monoisotopic (exact) mass is 266 g/mol. The highest BCUT2D eigenvalue weighted by molar-refractivity contribution is 6.17. The number of amides is 1. The molecule has 1 saturated heterocycles. The molecule has 1 aliphatic heterocycles. The lowest BCUT2D eigenvalue weighted by Gasteiger charge is -2.37. The summed E-state index contributed by atoms with van der Waals surface area (Å²) in [6.45, 7) is 4.69. The molecular formula is C14H19ClN2O. The molecule has 1 atom stereocenters. The number of hydrogen-bond acceptors (Lipinski definition) is 2. The minimum atomic E-state index is 0.121. The molecule has 0 bridgehead atoms. The van der Waals surface area contributed by atoms with E-state index in [-0.39, 0.29) is 5.91 Å². The molecule has 98 valence electrons. The summed E-state index contributed by atoms with van der Waals surface area (Å²) in [4.78, 5) is 16.5. The maximum Gasteiger partial charge on any atom is 0.253 e. The topological polar surface area (TPSA) is 23.6 Å². The fraction of sp³-hybridized carbons (Fsp3) is 0.500. The van der Waals surface area contributed by atoms with Crippen molar-refractivity contribution in [3.05, 3.63) is 35.4 Å². The van der Waals surface area contributed by atoms with Gasteiger partial charge >= 0.3 is 0 Å². The van der Waals surface area contributed by atoms with Crippen LogP contribution < -0.4 is 0 Å². The first-order chi connectivity index (χ1) is 8.61. The predicted molar refractivity (Wildman–Crippen MR) is 74.0 cm³/mol. The zero-order valence-corrected chi connectivity index (χ0v) is 11.7. The minimum Gasteiger partial charge on any atom is -0.336 e. The molecule has 3 nitrogen and oxygen atoms in total. The summed E-state index contributed by atoms with van der Waals surface area (Å²) in [7, 11) is 2.10. The predicted octanol–water partition coefficient (Wildman–Crippen LogP) is 2.20. The van der Waals surface area contributed by atoms with Gasteiger partial charge in [0.25, 0.3) is 5.91 Å². The van der Waals surface area contributed by atoms with E-state index in [9.17, 15) is 4.79 Å². The second kappa shape index (κ2) is 5.72. The van der Waals surface area contributed by atoms with Gasteiger partial charge in [-0.2, -0.15) is 0 Å². The Kier molecular flexibility index (Phi) is 4.25. The standard InChI is InChI=1S/C14H19ClN2O/c1-11-10-17(8-7-16(11)2)14(18)13-5-3-12(9-15)4-6-13/h3-6,11H,7-10H2,1-2H3. The van der Waals surface area contributed by atoms with E-state index in [0.717, 1.165) is 30.8 Å². The number of benzene rings is 1. The van der Waals surface area contributed by atoms with Gasteiger partial charge in [0.05, 0.1) is 0 Å². The third kappa shape index (κ3) is 2.85. The Bertz CT molecular complexity index is 418. The van der Waals surface area contributed by atoms with Gasteiger partial charge in [0.2, 0.25) is 0 Å². The summed E-state index contributed by atoms with van der Waals surface area (Å²) < 4.78 is 0. The van der Waals surface area contributed by atoms with E-state index < -0.39 is 0 Å². The van der Waals surface area contributed by atoms with E-state index in [0.29, 0.717) is 11.9 Å². The van der Waals surface area contributed by atoms with Crippen LogP contribution in [0.3, 0.4) is 0 Å². The minimum absolute atomic E-state index is 0.121. The molecule has 0 saturated carbocycles. The number of rotatable bonds is 2. The van der Waals surface area contributed by atoms with Crippen LogP contribution in [0.2, 0.25) is 0 Å². The number of halogens is 1. The second-order valence-corrected chi connectivity index (χ2v) is 5.18. The summed E-state index contributed by atoms with van der Waals surface area (Å²) >= 11 is 5.74. The van der Waals surface area contributed by atoms with Gasteiger partial charge in [-0.05, 0) is 31.7 Å². The summed E-state index contributed by atoms with van der Waals surface area (Å²) in [6.07, 6.45) is 0. The van der Waals surface area contributed by atoms with Crippen molar-refractivity contribution in [1.82, 2.24) is 9.80 Å². The number of carbonyl (C=O) groups is 1. The Morgan fingerprint density at radius 2 is 2.00 bits per heavy atom. The number of alkyl halides is 1. The fourth-order valence-electron chi connectivity index (χ4n) is 2.15. The van der Waals surface area contributed by atoms with Gasteiger partial charge in [0.15, 0.2) is 0 Å². The molecule has 1 fully saturated rings. The van der Waals surface area contributed by atoms with Crippen molar-refractivity contribution < 1.29 is 4.79 Å². The first kappa shape index (κ1) is 13.4. The van der Waals surface area contributed by atoms with Crippen LogP contribution in [0.25, 0.3) is 0 Å². The van der Waals surface area contributed by atoms with Gasteiger partial charge in [-0.1, -0.05) is 12.1 Å². The van der Waals surface area contributed by atoms with Gasteiger partial charge in [-0.3, -0.25) is 4.79 Å². The second-order valence-electron chi connectivity index (χ2n) is 4.91. The molecule has 0 aliphatic carbocycles. The smallest absolute Gasteiger partial charge is 0.253 e. The Hall–Kier alpha value is -1.06. The van der Waals surface area contributed by atoms with Gasteiger partial charge < -0.3 is 9.80 Å². The molecule has 0 spiro atoms. The van der Waals surface area contributed by atoms with Crippen molar-refractivity contribution in [3.8, 4) is 0 Å². The van der Waals surface area contributed by atoms with Crippen molar-refractivity contribution in [3.63, 3.8) is 0 Å². The zero-order valence-electron chi connectivity index (χ0n) is 10.9. The molecule has 1 unspecified atom stereocenters. The first-order valence-electron chi connectivity index (χ1n) is 6.26. The number of nitrogens with zero attached hydrogens (tertiary/aromatic N) is 2. The molecule has 1 amide bonds. The molecule has 1 heterocycles. The summed E-state index contributed by atoms with van der Waals surface area (Å²) in [5.74, 6) is 0.607. The Morgan fingerprint density at radius 3 is 2.56 bits per heavy atom. The maximum absolute atomic E-state index is 12.3. The summed E-state index contributed by atoms with van der Waals surface area (Å²) in [6, 6.07) is 7.98. The molecule has 2 rings (SSSR count). The van der Waals surface area contributed by atoms with Crippen molar-refractivity contribution in [2.45, 2.75) is 18.8 Å². The van der Waals surface area contributed by atoms with E-state index in [1.807, 2.05) is 29.2 Å². The highest BCUT2D eigenvalue weighted by Gasteiger charge is 2.24. The number of carbonyl (C=O) groups excluding carboxylic acids is 1. The molecule has 1 aromatic rings. The van der Waals surface area contributed by atoms with E-state index in [2.05, 4.69) is 18.9 Å². The van der Waals surface area contributed by atoms with Crippen LogP contribution in [0.4, 0.5) is 0 Å². The van der Waals surface area contributed by atoms with Crippen LogP contribution in [-0.2, 0) is 5.88 Å². The molecular weight excluding hydrogens is 248 g/mol. The van der Waals surface area contributed by atoms with Crippen molar-refractivity contribution in [2.75, 3.05) is 26.7 Å². The van der Waals surface area contributed by atoms with Crippen LogP contribution >= 0.6 is 11.6 Å². The highest BCUT2D eigenvalue weighted by Crippen LogP contribution is 2.13. The lowest BCUT2D eigenvalue weighted by molar-refractivity contribution is 0.0572. The van der Waals surface area contributed by atoms with Crippen LogP contribution in [0, 0.1) is 0 Å². The quantitative estimate of drug-likeness (QED) is 0.767. The summed E-state index contributed by atoms with van der Waals surface area (Å²) in [5.41, 5.74) is 1.79. The molecule has 0 aromatic heterocycles. The van der Waals surface area contributed by atoms with Crippen LogP contribution in [0.15, 0.2) is 24.3 Å². The van der Waals surface area contributed by atoms with Crippen molar-refractivity contribution in [2.24, 2.45) is 0 Å². The van der Waals surface area contributed by atoms with Crippen molar-refractivity contribution >= 4 is 17.5 Å². The van der Waals surface area contributed by atoms with Crippen LogP contribution in [-0.4, -0.2) is 48.4 Å². The Morgan fingerprint density at radius 1 is 1.33 bits per heavy atom. The molecule has 1 aromatic carbocycles. The number of likely N-dealkylation sites (N-methyl/N-ethyl adjacent to an activating group) is 1. The van der Waals surface area contributed by atoms with Gasteiger partial charge in [0.1, 0.15) is 0 Å². The fourth-order valence-corrected chi connectivity index (χ4v) is 2.33. The molecule has 0 N–H and O–H groups in total. The molecule has 1 aliphatic rings. The largest absolute Gasteiger partial charge is 0.336 e. The molecule has 18 heavy (non-hydrogen) atoms. The van der Waals surface area contributed by atoms with E-state index in [1.54, 1.807) is 0 Å². The van der Waals surface area contributed by atoms with Gasteiger partial charge in [-0.15, -0.1) is 11.6 Å². The Balaban J connectivity index is 2.06. The number of piperazine rings is 1. The normalized spacial score (nSPS) is 21.1. The molecule has 4 heteroatoms. The SMILES string of the molecule is CC1CN(C(=O)c2ccc(CCl)cc2)CCN1C. The summed E-state index contributed by atoms with van der Waals surface area (Å²) in [5, 5.41) is 0. The average Bonchev–Trinajstić information content (AvgIpc) is 2.41. The maximum atomic E-state index is 12.3. The van der Waals surface area contributed by atoms with Crippen LogP contribution in [0.1, 0.15) is 22.8 Å². The van der Waals surface area contributed by atoms with Gasteiger partial charge in [0, 0.05) is 37.1 Å². The van der Waals surface area contributed by atoms with Crippen LogP contribution in [0.5, 0.6) is 0 Å². The van der Waals surface area contributed by atoms with Crippen molar-refractivity contribution in [1.29, 1.82) is 0 Å². The first-order valence-corrected chi connectivity index (χ1v) is 6.79. The lowest BCUT2D eigenvalue weighted by atomic mass is 10.1. The molecule has 0 radical (unpaired) electrons. The zero-order chi connectivity index (χ0) is 13.1.